The van der Waals surface area contributed by atoms with Crippen LogP contribution in [-0.4, -0.2) is 32.7 Å². The number of benzene rings is 1. The molecule has 0 saturated carbocycles. The van der Waals surface area contributed by atoms with E-state index in [0.717, 1.165) is 18.7 Å². The van der Waals surface area contributed by atoms with E-state index in [-0.39, 0.29) is 17.8 Å². The summed E-state index contributed by atoms with van der Waals surface area (Å²) < 4.78 is 18.4. The molecule has 1 amide bonds. The molecule has 2 N–H and O–H groups in total. The normalized spacial score (nSPS) is 20.7. The third-order valence-corrected chi connectivity index (χ3v) is 4.66. The Hall–Kier alpha value is -1.46. The summed E-state index contributed by atoms with van der Waals surface area (Å²) in [6.45, 7) is 4.63. The highest BCUT2D eigenvalue weighted by molar-refractivity contribution is 5.76. The van der Waals surface area contributed by atoms with Gasteiger partial charge in [0.15, 0.2) is 0 Å². The zero-order chi connectivity index (χ0) is 16.7. The minimum atomic E-state index is -0.275. The molecule has 0 radical (unpaired) electrons. The van der Waals surface area contributed by atoms with E-state index in [0.29, 0.717) is 24.8 Å². The van der Waals surface area contributed by atoms with Gasteiger partial charge in [-0.05, 0) is 55.5 Å². The van der Waals surface area contributed by atoms with Crippen molar-refractivity contribution in [3.63, 3.8) is 0 Å². The number of nitrogens with one attached hydrogen (secondary N) is 2. The highest BCUT2D eigenvalue weighted by Gasteiger charge is 2.22. The summed E-state index contributed by atoms with van der Waals surface area (Å²) in [5.74, 6) is 0.717. The quantitative estimate of drug-likeness (QED) is 0.811. The van der Waals surface area contributed by atoms with Gasteiger partial charge >= 0.3 is 0 Å². The molecular weight excluding hydrogens is 295 g/mol. The fourth-order valence-electron chi connectivity index (χ4n) is 3.12. The van der Waals surface area contributed by atoms with Crippen LogP contribution in [0.1, 0.15) is 37.9 Å². The molecule has 2 rings (SSSR count). The van der Waals surface area contributed by atoms with Gasteiger partial charge in [0.2, 0.25) is 5.91 Å². The Bertz CT molecular complexity index is 486. The first kappa shape index (κ1) is 17.9. The van der Waals surface area contributed by atoms with Gasteiger partial charge in [-0.2, -0.15) is 0 Å². The molecule has 1 aliphatic heterocycles. The van der Waals surface area contributed by atoms with Crippen LogP contribution in [-0.2, 0) is 9.53 Å². The smallest absolute Gasteiger partial charge is 0.220 e. The van der Waals surface area contributed by atoms with Crippen LogP contribution in [0.3, 0.4) is 0 Å². The topological polar surface area (TPSA) is 50.4 Å². The number of ether oxygens (including phenoxy) is 1. The van der Waals surface area contributed by atoms with Crippen LogP contribution in [0, 0.1) is 17.7 Å². The van der Waals surface area contributed by atoms with Crippen LogP contribution in [0.5, 0.6) is 0 Å². The standard InChI is InChI=1S/C18H27FN2O2/c1-13(15-4-3-9-20-11-15)10-18(22)21-12-17(23-2)14-5-7-16(19)8-6-14/h5-8,13,15,17,20H,3-4,9-12H2,1-2H3,(H,21,22). The van der Waals surface area contributed by atoms with Gasteiger partial charge in [0.05, 0.1) is 6.10 Å². The number of amides is 1. The van der Waals surface area contributed by atoms with E-state index < -0.39 is 0 Å². The molecular formula is C18H27FN2O2. The summed E-state index contributed by atoms with van der Waals surface area (Å²) >= 11 is 0. The molecule has 1 aromatic carbocycles. The van der Waals surface area contributed by atoms with Gasteiger partial charge in [-0.1, -0.05) is 19.1 Å². The van der Waals surface area contributed by atoms with E-state index in [1.807, 2.05) is 0 Å². The van der Waals surface area contributed by atoms with E-state index in [2.05, 4.69) is 17.6 Å². The van der Waals surface area contributed by atoms with E-state index in [1.54, 1.807) is 19.2 Å². The van der Waals surface area contributed by atoms with E-state index in [9.17, 15) is 9.18 Å². The summed E-state index contributed by atoms with van der Waals surface area (Å²) in [7, 11) is 1.59. The van der Waals surface area contributed by atoms with Gasteiger partial charge < -0.3 is 15.4 Å². The minimum absolute atomic E-state index is 0.0484. The van der Waals surface area contributed by atoms with E-state index in [4.69, 9.17) is 4.74 Å². The second-order valence-electron chi connectivity index (χ2n) is 6.37. The molecule has 23 heavy (non-hydrogen) atoms. The highest BCUT2D eigenvalue weighted by Crippen LogP contribution is 2.22. The summed E-state index contributed by atoms with van der Waals surface area (Å²) in [5, 5.41) is 6.33. The van der Waals surface area contributed by atoms with Gasteiger partial charge in [-0.25, -0.2) is 4.39 Å². The maximum Gasteiger partial charge on any atom is 0.220 e. The lowest BCUT2D eigenvalue weighted by Crippen LogP contribution is -2.36. The number of hydrogen-bond acceptors (Lipinski definition) is 3. The molecule has 3 unspecified atom stereocenters. The molecule has 0 spiro atoms. The molecule has 5 heteroatoms. The van der Waals surface area contributed by atoms with Crippen molar-refractivity contribution in [2.24, 2.45) is 11.8 Å². The molecule has 0 bridgehead atoms. The fraction of sp³-hybridized carbons (Fsp3) is 0.611. The molecule has 1 fully saturated rings. The summed E-state index contributed by atoms with van der Waals surface area (Å²) in [5.41, 5.74) is 0.860. The molecule has 128 valence electrons. The Morgan fingerprint density at radius 3 is 2.78 bits per heavy atom. The Morgan fingerprint density at radius 2 is 2.17 bits per heavy atom. The molecule has 1 aromatic rings. The van der Waals surface area contributed by atoms with Crippen LogP contribution in [0.2, 0.25) is 0 Å². The summed E-state index contributed by atoms with van der Waals surface area (Å²) in [4.78, 5) is 12.2. The largest absolute Gasteiger partial charge is 0.375 e. The zero-order valence-corrected chi connectivity index (χ0v) is 14.0. The fourth-order valence-corrected chi connectivity index (χ4v) is 3.12. The first-order chi connectivity index (χ1) is 11.1. The third kappa shape index (κ3) is 5.59. The third-order valence-electron chi connectivity index (χ3n) is 4.66. The molecule has 0 aliphatic carbocycles. The number of hydrogen-bond donors (Lipinski definition) is 2. The van der Waals surface area contributed by atoms with Crippen molar-refractivity contribution in [2.45, 2.75) is 32.3 Å². The average Bonchev–Trinajstić information content (AvgIpc) is 2.57. The predicted octanol–water partition coefficient (Wildman–Crippen LogP) is 2.66. The summed E-state index contributed by atoms with van der Waals surface area (Å²) in [6.07, 6.45) is 2.66. The zero-order valence-electron chi connectivity index (χ0n) is 14.0. The van der Waals surface area contributed by atoms with Crippen molar-refractivity contribution in [1.82, 2.24) is 10.6 Å². The van der Waals surface area contributed by atoms with Crippen molar-refractivity contribution in [3.05, 3.63) is 35.6 Å². The Kier molecular flexibility index (Phi) is 6.99. The van der Waals surface area contributed by atoms with Gasteiger partial charge in [-0.3, -0.25) is 4.79 Å². The number of carbonyl (C=O) groups excluding carboxylic acids is 1. The molecule has 4 nitrogen and oxygen atoms in total. The van der Waals surface area contributed by atoms with Crippen LogP contribution in [0.4, 0.5) is 4.39 Å². The first-order valence-electron chi connectivity index (χ1n) is 8.35. The molecule has 1 saturated heterocycles. The Labute approximate surface area is 137 Å². The molecule has 0 aromatic heterocycles. The van der Waals surface area contributed by atoms with Crippen LogP contribution in [0.25, 0.3) is 0 Å². The number of carbonyl (C=O) groups is 1. The van der Waals surface area contributed by atoms with Crippen LogP contribution in [0.15, 0.2) is 24.3 Å². The maximum absolute atomic E-state index is 13.0. The Balaban J connectivity index is 1.78. The summed E-state index contributed by atoms with van der Waals surface area (Å²) in [6, 6.07) is 6.18. The molecule has 1 aliphatic rings. The average molecular weight is 322 g/mol. The van der Waals surface area contributed by atoms with Crippen molar-refractivity contribution >= 4 is 5.91 Å². The lowest BCUT2D eigenvalue weighted by Gasteiger charge is -2.28. The van der Waals surface area contributed by atoms with E-state index in [1.165, 1.54) is 25.0 Å². The second kappa shape index (κ2) is 8.99. The highest BCUT2D eigenvalue weighted by atomic mass is 19.1. The van der Waals surface area contributed by atoms with Crippen molar-refractivity contribution < 1.29 is 13.9 Å². The van der Waals surface area contributed by atoms with Crippen molar-refractivity contribution in [2.75, 3.05) is 26.7 Å². The van der Waals surface area contributed by atoms with Crippen molar-refractivity contribution in [1.29, 1.82) is 0 Å². The maximum atomic E-state index is 13.0. The SMILES string of the molecule is COC(CNC(=O)CC(C)C1CCCNC1)c1ccc(F)cc1. The van der Waals surface area contributed by atoms with Crippen LogP contribution < -0.4 is 10.6 Å². The predicted molar refractivity (Wildman–Crippen MR) is 88.5 cm³/mol. The number of methoxy groups -OCH3 is 1. The van der Waals surface area contributed by atoms with Gasteiger partial charge in [0, 0.05) is 20.1 Å². The lowest BCUT2D eigenvalue weighted by molar-refractivity contribution is -0.122. The number of rotatable bonds is 7. The van der Waals surface area contributed by atoms with Crippen molar-refractivity contribution in [3.8, 4) is 0 Å². The van der Waals surface area contributed by atoms with E-state index >= 15 is 0 Å². The molecule has 3 atom stereocenters. The minimum Gasteiger partial charge on any atom is -0.375 e. The first-order valence-corrected chi connectivity index (χ1v) is 8.35. The number of piperidine rings is 1. The second-order valence-corrected chi connectivity index (χ2v) is 6.37. The number of halogens is 1. The monoisotopic (exact) mass is 322 g/mol. The van der Waals surface area contributed by atoms with Gasteiger partial charge in [0.25, 0.3) is 0 Å². The van der Waals surface area contributed by atoms with Crippen LogP contribution >= 0.6 is 0 Å². The Morgan fingerprint density at radius 1 is 1.43 bits per heavy atom. The van der Waals surface area contributed by atoms with Gasteiger partial charge in [0.1, 0.15) is 5.82 Å². The molecule has 1 heterocycles. The van der Waals surface area contributed by atoms with Gasteiger partial charge in [-0.15, -0.1) is 0 Å². The lowest BCUT2D eigenvalue weighted by atomic mass is 9.85.